The number of hydrogen-bond donors (Lipinski definition) is 2. The summed E-state index contributed by atoms with van der Waals surface area (Å²) in [5.74, 6) is -1.22. The lowest BCUT2D eigenvalue weighted by molar-refractivity contribution is -0.136. The van der Waals surface area contributed by atoms with Crippen LogP contribution in [0.15, 0.2) is 35.1 Å². The van der Waals surface area contributed by atoms with E-state index in [4.69, 9.17) is 0 Å². The van der Waals surface area contributed by atoms with E-state index >= 15 is 0 Å². The molecule has 0 unspecified atom stereocenters. The van der Waals surface area contributed by atoms with E-state index in [9.17, 15) is 9.59 Å². The number of anilines is 2. The molecule has 1 fully saturated rings. The molecule has 4 rings (SSSR count). The van der Waals surface area contributed by atoms with Gasteiger partial charge in [-0.25, -0.2) is 0 Å². The minimum atomic E-state index is -0.752. The molecular weight excluding hydrogens is 396 g/mol. The van der Waals surface area contributed by atoms with Crippen LogP contribution in [0.4, 0.5) is 11.5 Å². The maximum absolute atomic E-state index is 12.4. The lowest BCUT2D eigenvalue weighted by Crippen LogP contribution is -2.49. The summed E-state index contributed by atoms with van der Waals surface area (Å²) in [6.45, 7) is 5.22. The summed E-state index contributed by atoms with van der Waals surface area (Å²) in [6, 6.07) is 8.12. The molecule has 2 aromatic rings. The highest BCUT2D eigenvalue weighted by molar-refractivity contribution is 6.39. The fourth-order valence-corrected chi connectivity index (χ4v) is 4.32. The van der Waals surface area contributed by atoms with E-state index in [1.54, 1.807) is 0 Å². The molecular formula is C22H30N6O3. The van der Waals surface area contributed by atoms with Gasteiger partial charge in [-0.3, -0.25) is 19.8 Å². The molecule has 31 heavy (non-hydrogen) atoms. The largest absolute Gasteiger partial charge is 0.374 e. The van der Waals surface area contributed by atoms with Crippen LogP contribution < -0.4 is 15.5 Å². The van der Waals surface area contributed by atoms with Crippen LogP contribution in [0.5, 0.6) is 0 Å². The fraction of sp³-hybridized carbons (Fsp3) is 0.500. The van der Waals surface area contributed by atoms with Crippen LogP contribution in [-0.2, 0) is 16.0 Å². The fourth-order valence-electron chi connectivity index (χ4n) is 4.32. The second-order valence-corrected chi connectivity index (χ2v) is 8.32. The van der Waals surface area contributed by atoms with Crippen molar-refractivity contribution in [2.24, 2.45) is 0 Å². The van der Waals surface area contributed by atoms with Crippen molar-refractivity contribution in [3.63, 3.8) is 0 Å². The standard InChI is InChI=1S/C22H30N6O3/c1-26-9-11-28(12-10-26)19(15-23-21(29)22(30)24-20-7-13-31-25-20)17-5-6-18-16(14-17)4-3-8-27(18)2/h5-7,13-14,19H,3-4,8-12,15H2,1-2H3,(H,23,29)(H,24,25,30)/t19-/m0/s1. The number of fused-ring (bicyclic) bond motifs is 1. The number of carbonyl (C=O) groups is 2. The van der Waals surface area contributed by atoms with Crippen molar-refractivity contribution >= 4 is 23.3 Å². The highest BCUT2D eigenvalue weighted by Gasteiger charge is 2.27. The molecule has 0 radical (unpaired) electrons. The highest BCUT2D eigenvalue weighted by atomic mass is 16.5. The minimum Gasteiger partial charge on any atom is -0.374 e. The number of rotatable bonds is 5. The molecule has 9 heteroatoms. The van der Waals surface area contributed by atoms with E-state index in [1.807, 2.05) is 0 Å². The van der Waals surface area contributed by atoms with Crippen LogP contribution in [0.2, 0.25) is 0 Å². The number of nitrogens with one attached hydrogen (secondary N) is 2. The van der Waals surface area contributed by atoms with Crippen molar-refractivity contribution in [2.75, 3.05) is 63.6 Å². The van der Waals surface area contributed by atoms with Crippen LogP contribution >= 0.6 is 0 Å². The van der Waals surface area contributed by atoms with Crippen LogP contribution in [0.1, 0.15) is 23.6 Å². The Morgan fingerprint density at radius 2 is 1.90 bits per heavy atom. The smallest absolute Gasteiger partial charge is 0.314 e. The Kier molecular flexibility index (Phi) is 6.53. The average molecular weight is 427 g/mol. The predicted octanol–water partition coefficient (Wildman–Crippen LogP) is 1.10. The van der Waals surface area contributed by atoms with Crippen LogP contribution in [-0.4, -0.2) is 80.1 Å². The third-order valence-corrected chi connectivity index (χ3v) is 6.16. The van der Waals surface area contributed by atoms with E-state index < -0.39 is 11.8 Å². The maximum Gasteiger partial charge on any atom is 0.314 e. The van der Waals surface area contributed by atoms with Gasteiger partial charge in [0.2, 0.25) is 0 Å². The summed E-state index contributed by atoms with van der Waals surface area (Å²) in [7, 11) is 4.25. The first-order valence-corrected chi connectivity index (χ1v) is 10.8. The number of carbonyl (C=O) groups excluding carboxylic acids is 2. The lowest BCUT2D eigenvalue weighted by Gasteiger charge is -2.39. The van der Waals surface area contributed by atoms with Crippen LogP contribution in [0.3, 0.4) is 0 Å². The Bertz CT molecular complexity index is 908. The summed E-state index contributed by atoms with van der Waals surface area (Å²) in [5, 5.41) is 8.86. The first-order chi connectivity index (χ1) is 15.0. The molecule has 1 atom stereocenters. The first kappa shape index (κ1) is 21.3. The Morgan fingerprint density at radius 3 is 2.65 bits per heavy atom. The van der Waals surface area contributed by atoms with Crippen LogP contribution in [0, 0.1) is 0 Å². The first-order valence-electron chi connectivity index (χ1n) is 10.8. The Balaban J connectivity index is 1.48. The summed E-state index contributed by atoms with van der Waals surface area (Å²) in [6.07, 6.45) is 3.55. The van der Waals surface area contributed by atoms with Crippen molar-refractivity contribution in [2.45, 2.75) is 18.9 Å². The number of amides is 2. The molecule has 0 aliphatic carbocycles. The molecule has 0 bridgehead atoms. The highest BCUT2D eigenvalue weighted by Crippen LogP contribution is 2.31. The zero-order valence-electron chi connectivity index (χ0n) is 18.1. The number of nitrogens with zero attached hydrogens (tertiary/aromatic N) is 4. The van der Waals surface area contributed by atoms with Gasteiger partial charge in [0.15, 0.2) is 5.82 Å². The van der Waals surface area contributed by atoms with Crippen molar-refractivity contribution < 1.29 is 14.1 Å². The second kappa shape index (κ2) is 9.49. The van der Waals surface area contributed by atoms with E-state index in [0.717, 1.165) is 45.6 Å². The molecule has 2 N–H and O–H groups in total. The van der Waals surface area contributed by atoms with Gasteiger partial charge in [-0.05, 0) is 37.1 Å². The normalized spacial score (nSPS) is 18.3. The van der Waals surface area contributed by atoms with Gasteiger partial charge in [0, 0.05) is 58.1 Å². The summed E-state index contributed by atoms with van der Waals surface area (Å²) < 4.78 is 4.68. The summed E-state index contributed by atoms with van der Waals surface area (Å²) in [5.41, 5.74) is 3.81. The average Bonchev–Trinajstić information content (AvgIpc) is 3.28. The number of likely N-dealkylation sites (N-methyl/N-ethyl adjacent to an activating group) is 1. The molecule has 0 saturated carbocycles. The summed E-state index contributed by atoms with van der Waals surface area (Å²) >= 11 is 0. The molecule has 2 aliphatic rings. The van der Waals surface area contributed by atoms with Gasteiger partial charge >= 0.3 is 11.8 Å². The Morgan fingerprint density at radius 1 is 1.10 bits per heavy atom. The monoisotopic (exact) mass is 426 g/mol. The van der Waals surface area contributed by atoms with Gasteiger partial charge in [-0.2, -0.15) is 0 Å². The molecule has 1 aromatic heterocycles. The van der Waals surface area contributed by atoms with Crippen molar-refractivity contribution in [1.82, 2.24) is 20.3 Å². The molecule has 1 saturated heterocycles. The second-order valence-electron chi connectivity index (χ2n) is 8.32. The molecule has 9 nitrogen and oxygen atoms in total. The van der Waals surface area contributed by atoms with E-state index in [1.165, 1.54) is 29.1 Å². The van der Waals surface area contributed by atoms with Gasteiger partial charge in [-0.15, -0.1) is 0 Å². The Labute approximate surface area is 182 Å². The van der Waals surface area contributed by atoms with Crippen molar-refractivity contribution in [1.29, 1.82) is 0 Å². The van der Waals surface area contributed by atoms with Gasteiger partial charge in [0.1, 0.15) is 6.26 Å². The number of piperazine rings is 1. The zero-order chi connectivity index (χ0) is 21.8. The predicted molar refractivity (Wildman–Crippen MR) is 118 cm³/mol. The van der Waals surface area contributed by atoms with Gasteiger partial charge in [0.05, 0.1) is 6.04 Å². The molecule has 2 amide bonds. The minimum absolute atomic E-state index is 0.00929. The van der Waals surface area contributed by atoms with E-state index in [-0.39, 0.29) is 11.9 Å². The Hall–Kier alpha value is -2.91. The van der Waals surface area contributed by atoms with Crippen molar-refractivity contribution in [3.8, 4) is 0 Å². The molecule has 1 aromatic carbocycles. The SMILES string of the molecule is CN1CCN([C@@H](CNC(=O)C(=O)Nc2ccon2)c2ccc3c(c2)CCCN3C)CC1. The van der Waals surface area contributed by atoms with Gasteiger partial charge in [-0.1, -0.05) is 17.3 Å². The molecule has 2 aliphatic heterocycles. The van der Waals surface area contributed by atoms with E-state index in [2.05, 4.69) is 67.3 Å². The summed E-state index contributed by atoms with van der Waals surface area (Å²) in [4.78, 5) is 31.6. The number of hydrogen-bond acceptors (Lipinski definition) is 7. The third kappa shape index (κ3) is 5.05. The number of aryl methyl sites for hydroxylation is 1. The molecule has 166 valence electrons. The number of benzene rings is 1. The third-order valence-electron chi connectivity index (χ3n) is 6.16. The number of aromatic nitrogens is 1. The molecule has 0 spiro atoms. The quantitative estimate of drug-likeness (QED) is 0.692. The lowest BCUT2D eigenvalue weighted by atomic mass is 9.95. The van der Waals surface area contributed by atoms with E-state index in [0.29, 0.717) is 6.54 Å². The van der Waals surface area contributed by atoms with Gasteiger partial charge < -0.3 is 19.6 Å². The zero-order valence-corrected chi connectivity index (χ0v) is 18.1. The van der Waals surface area contributed by atoms with Crippen LogP contribution in [0.25, 0.3) is 0 Å². The van der Waals surface area contributed by atoms with Gasteiger partial charge in [0.25, 0.3) is 0 Å². The topological polar surface area (TPSA) is 93.9 Å². The van der Waals surface area contributed by atoms with Crippen molar-refractivity contribution in [3.05, 3.63) is 41.7 Å². The maximum atomic E-state index is 12.4. The molecule has 3 heterocycles.